The topological polar surface area (TPSA) is 53.7 Å². The van der Waals surface area contributed by atoms with E-state index in [0.29, 0.717) is 18.1 Å². The minimum atomic E-state index is 0.0218. The molecule has 0 amide bonds. The molecule has 0 aromatic heterocycles. The number of ether oxygens (including phenoxy) is 3. The van der Waals surface area contributed by atoms with Crippen molar-refractivity contribution >= 4 is 0 Å². The Bertz CT molecular complexity index is 365. The van der Waals surface area contributed by atoms with Crippen molar-refractivity contribution in [3.63, 3.8) is 0 Å². The predicted molar refractivity (Wildman–Crippen MR) is 56.6 cm³/mol. The third kappa shape index (κ3) is 1.72. The van der Waals surface area contributed by atoms with Crippen LogP contribution in [0, 0.1) is 0 Å². The lowest BCUT2D eigenvalue weighted by Gasteiger charge is -2.24. The molecule has 1 heterocycles. The summed E-state index contributed by atoms with van der Waals surface area (Å²) in [5.41, 5.74) is 6.97. The van der Waals surface area contributed by atoms with Crippen molar-refractivity contribution in [2.24, 2.45) is 5.73 Å². The lowest BCUT2D eigenvalue weighted by Crippen LogP contribution is -2.20. The second kappa shape index (κ2) is 3.98. The molecule has 2 rings (SSSR count). The van der Waals surface area contributed by atoms with Gasteiger partial charge in [0.15, 0.2) is 11.5 Å². The Balaban J connectivity index is 2.48. The highest BCUT2D eigenvalue weighted by molar-refractivity contribution is 5.52. The van der Waals surface area contributed by atoms with Crippen molar-refractivity contribution in [2.75, 3.05) is 20.8 Å². The van der Waals surface area contributed by atoms with Gasteiger partial charge in [0.2, 0.25) is 0 Å². The molecule has 0 radical (unpaired) electrons. The van der Waals surface area contributed by atoms with Gasteiger partial charge < -0.3 is 19.9 Å². The molecule has 0 saturated carbocycles. The monoisotopic (exact) mass is 209 g/mol. The molecule has 1 aromatic rings. The first-order valence-electron chi connectivity index (χ1n) is 4.90. The van der Waals surface area contributed by atoms with Crippen LogP contribution >= 0.6 is 0 Å². The molecular formula is C11H15NO3. The summed E-state index contributed by atoms with van der Waals surface area (Å²) in [7, 11) is 3.21. The zero-order valence-electron chi connectivity index (χ0n) is 8.95. The van der Waals surface area contributed by atoms with Gasteiger partial charge in [-0.1, -0.05) is 0 Å². The highest BCUT2D eigenvalue weighted by atomic mass is 16.5. The predicted octanol–water partition coefficient (Wildman–Crippen LogP) is 1.49. The standard InChI is InChI=1S/C11H15NO3/c1-13-10-5-7-8(12)3-4-15-9(7)6-11(10)14-2/h5-6,8H,3-4,12H2,1-2H3/t8-/m1/s1. The molecule has 1 aromatic carbocycles. The third-order valence-corrected chi connectivity index (χ3v) is 2.60. The second-order valence-electron chi connectivity index (χ2n) is 3.49. The Hall–Kier alpha value is -1.42. The molecule has 4 nitrogen and oxygen atoms in total. The van der Waals surface area contributed by atoms with Crippen molar-refractivity contribution in [1.29, 1.82) is 0 Å². The fourth-order valence-corrected chi connectivity index (χ4v) is 1.74. The van der Waals surface area contributed by atoms with E-state index in [0.717, 1.165) is 17.7 Å². The summed E-state index contributed by atoms with van der Waals surface area (Å²) in [6.45, 7) is 0.656. The largest absolute Gasteiger partial charge is 0.493 e. The van der Waals surface area contributed by atoms with Crippen LogP contribution in [0.5, 0.6) is 17.2 Å². The number of methoxy groups -OCH3 is 2. The maximum atomic E-state index is 5.99. The van der Waals surface area contributed by atoms with E-state index < -0.39 is 0 Å². The molecule has 4 heteroatoms. The van der Waals surface area contributed by atoms with Gasteiger partial charge in [-0.2, -0.15) is 0 Å². The maximum Gasteiger partial charge on any atom is 0.164 e. The maximum absolute atomic E-state index is 5.99. The van der Waals surface area contributed by atoms with Crippen LogP contribution in [0.25, 0.3) is 0 Å². The van der Waals surface area contributed by atoms with Gasteiger partial charge in [-0.05, 0) is 6.07 Å². The van der Waals surface area contributed by atoms with Crippen molar-refractivity contribution < 1.29 is 14.2 Å². The van der Waals surface area contributed by atoms with E-state index in [-0.39, 0.29) is 6.04 Å². The molecular weight excluding hydrogens is 194 g/mol. The summed E-state index contributed by atoms with van der Waals surface area (Å²) in [6, 6.07) is 3.74. The average molecular weight is 209 g/mol. The van der Waals surface area contributed by atoms with Gasteiger partial charge in [0.1, 0.15) is 5.75 Å². The number of fused-ring (bicyclic) bond motifs is 1. The van der Waals surface area contributed by atoms with Crippen LogP contribution in [0.2, 0.25) is 0 Å². The Morgan fingerprint density at radius 1 is 1.27 bits per heavy atom. The molecule has 0 bridgehead atoms. The third-order valence-electron chi connectivity index (χ3n) is 2.60. The first kappa shape index (κ1) is 10.1. The molecule has 0 spiro atoms. The summed E-state index contributed by atoms with van der Waals surface area (Å²) in [5.74, 6) is 2.16. The van der Waals surface area contributed by atoms with Crippen LogP contribution in [-0.2, 0) is 0 Å². The van der Waals surface area contributed by atoms with E-state index in [2.05, 4.69) is 0 Å². The Morgan fingerprint density at radius 3 is 2.60 bits per heavy atom. The van der Waals surface area contributed by atoms with Crippen LogP contribution in [0.4, 0.5) is 0 Å². The highest BCUT2D eigenvalue weighted by Gasteiger charge is 2.21. The molecule has 1 atom stereocenters. The van der Waals surface area contributed by atoms with E-state index in [1.54, 1.807) is 14.2 Å². The smallest absolute Gasteiger partial charge is 0.164 e. The molecule has 0 aliphatic carbocycles. The van der Waals surface area contributed by atoms with Crippen LogP contribution < -0.4 is 19.9 Å². The van der Waals surface area contributed by atoms with Crippen LogP contribution in [0.15, 0.2) is 12.1 Å². The number of rotatable bonds is 2. The summed E-state index contributed by atoms with van der Waals surface area (Å²) >= 11 is 0. The van der Waals surface area contributed by atoms with Gasteiger partial charge in [-0.15, -0.1) is 0 Å². The molecule has 82 valence electrons. The van der Waals surface area contributed by atoms with Gasteiger partial charge in [0, 0.05) is 24.1 Å². The number of benzene rings is 1. The van der Waals surface area contributed by atoms with Crippen molar-refractivity contribution in [2.45, 2.75) is 12.5 Å². The molecule has 0 unspecified atom stereocenters. The quantitative estimate of drug-likeness (QED) is 0.801. The molecule has 0 fully saturated rings. The lowest BCUT2D eigenvalue weighted by molar-refractivity contribution is 0.264. The summed E-state index contributed by atoms with van der Waals surface area (Å²) in [4.78, 5) is 0. The molecule has 2 N–H and O–H groups in total. The highest BCUT2D eigenvalue weighted by Crippen LogP contribution is 2.39. The van der Waals surface area contributed by atoms with E-state index in [1.807, 2.05) is 12.1 Å². The van der Waals surface area contributed by atoms with Crippen molar-refractivity contribution in [1.82, 2.24) is 0 Å². The van der Waals surface area contributed by atoms with Crippen molar-refractivity contribution in [3.05, 3.63) is 17.7 Å². The Morgan fingerprint density at radius 2 is 1.93 bits per heavy atom. The van der Waals surface area contributed by atoms with Gasteiger partial charge >= 0.3 is 0 Å². The second-order valence-corrected chi connectivity index (χ2v) is 3.49. The van der Waals surface area contributed by atoms with Gasteiger partial charge in [0.05, 0.1) is 20.8 Å². The van der Waals surface area contributed by atoms with Gasteiger partial charge in [-0.25, -0.2) is 0 Å². The number of hydrogen-bond donors (Lipinski definition) is 1. The molecule has 1 aliphatic rings. The summed E-state index contributed by atoms with van der Waals surface area (Å²) in [6.07, 6.45) is 0.836. The first-order valence-corrected chi connectivity index (χ1v) is 4.90. The fourth-order valence-electron chi connectivity index (χ4n) is 1.74. The normalized spacial score (nSPS) is 19.0. The van der Waals surface area contributed by atoms with Crippen molar-refractivity contribution in [3.8, 4) is 17.2 Å². The summed E-state index contributed by atoms with van der Waals surface area (Å²) < 4.78 is 15.9. The Kier molecular flexibility index (Phi) is 2.68. The lowest BCUT2D eigenvalue weighted by atomic mass is 10.0. The average Bonchev–Trinajstić information content (AvgIpc) is 2.28. The van der Waals surface area contributed by atoms with E-state index in [9.17, 15) is 0 Å². The molecule has 0 saturated heterocycles. The SMILES string of the molecule is COc1cc2c(cc1OC)[C@H](N)CCO2. The number of nitrogens with two attached hydrogens (primary N) is 1. The minimum Gasteiger partial charge on any atom is -0.493 e. The summed E-state index contributed by atoms with van der Waals surface area (Å²) in [5, 5.41) is 0. The Labute approximate surface area is 88.9 Å². The van der Waals surface area contributed by atoms with Crippen LogP contribution in [0.1, 0.15) is 18.0 Å². The van der Waals surface area contributed by atoms with Crippen LogP contribution in [-0.4, -0.2) is 20.8 Å². The molecule has 1 aliphatic heterocycles. The van der Waals surface area contributed by atoms with E-state index in [1.165, 1.54) is 0 Å². The zero-order chi connectivity index (χ0) is 10.8. The van der Waals surface area contributed by atoms with Gasteiger partial charge in [0.25, 0.3) is 0 Å². The minimum absolute atomic E-state index is 0.0218. The molecule has 15 heavy (non-hydrogen) atoms. The number of hydrogen-bond acceptors (Lipinski definition) is 4. The van der Waals surface area contributed by atoms with Gasteiger partial charge in [-0.3, -0.25) is 0 Å². The van der Waals surface area contributed by atoms with E-state index >= 15 is 0 Å². The zero-order valence-corrected chi connectivity index (χ0v) is 8.95. The van der Waals surface area contributed by atoms with Crippen LogP contribution in [0.3, 0.4) is 0 Å². The first-order chi connectivity index (χ1) is 7.26. The fraction of sp³-hybridized carbons (Fsp3) is 0.455. The van der Waals surface area contributed by atoms with E-state index in [4.69, 9.17) is 19.9 Å².